The largest absolute Gasteiger partial charge is 0.373 e. The molecule has 18 heavy (non-hydrogen) atoms. The number of nitrogens with one attached hydrogen (secondary N) is 1. The molecule has 2 heteroatoms. The summed E-state index contributed by atoms with van der Waals surface area (Å²) in [7, 11) is 0. The second kappa shape index (κ2) is 6.35. The van der Waals surface area contributed by atoms with Crippen molar-refractivity contribution in [1.82, 2.24) is 5.32 Å². The molecular weight excluding hydrogens is 222 g/mol. The van der Waals surface area contributed by atoms with Crippen LogP contribution in [0.4, 0.5) is 0 Å². The van der Waals surface area contributed by atoms with Crippen molar-refractivity contribution >= 4 is 0 Å². The third kappa shape index (κ3) is 2.93. The Hall–Kier alpha value is -0.860. The van der Waals surface area contributed by atoms with Gasteiger partial charge in [-0.1, -0.05) is 25.1 Å². The molecule has 0 aliphatic carbocycles. The summed E-state index contributed by atoms with van der Waals surface area (Å²) in [4.78, 5) is 0. The summed E-state index contributed by atoms with van der Waals surface area (Å²) in [5.74, 6) is 0.622. The molecule has 100 valence electrons. The molecule has 1 N–H and O–H groups in total. The van der Waals surface area contributed by atoms with Crippen LogP contribution >= 0.6 is 0 Å². The Morgan fingerprint density at radius 1 is 1.33 bits per heavy atom. The lowest BCUT2D eigenvalue weighted by atomic mass is 9.91. The van der Waals surface area contributed by atoms with Gasteiger partial charge in [0.25, 0.3) is 0 Å². The second-order valence-corrected chi connectivity index (χ2v) is 5.33. The van der Waals surface area contributed by atoms with Gasteiger partial charge in [-0.2, -0.15) is 0 Å². The summed E-state index contributed by atoms with van der Waals surface area (Å²) >= 11 is 0. The van der Waals surface area contributed by atoms with E-state index in [0.717, 1.165) is 19.7 Å². The molecule has 1 fully saturated rings. The first-order valence-electron chi connectivity index (χ1n) is 7.12. The van der Waals surface area contributed by atoms with E-state index in [0.29, 0.717) is 5.92 Å². The highest BCUT2D eigenvalue weighted by molar-refractivity contribution is 5.35. The van der Waals surface area contributed by atoms with Crippen molar-refractivity contribution < 1.29 is 4.74 Å². The third-order valence-corrected chi connectivity index (χ3v) is 4.00. The van der Waals surface area contributed by atoms with Gasteiger partial charge in [0, 0.05) is 19.1 Å². The second-order valence-electron chi connectivity index (χ2n) is 5.33. The minimum Gasteiger partial charge on any atom is -0.373 e. The SMILES string of the molecule is CCCNCC1CCOC1c1cccc(C)c1C. The molecule has 1 aromatic rings. The van der Waals surface area contributed by atoms with Crippen molar-refractivity contribution in [3.8, 4) is 0 Å². The molecule has 0 bridgehead atoms. The molecule has 0 spiro atoms. The van der Waals surface area contributed by atoms with E-state index in [-0.39, 0.29) is 6.10 Å². The van der Waals surface area contributed by atoms with Gasteiger partial charge in [0.2, 0.25) is 0 Å². The number of hydrogen-bond acceptors (Lipinski definition) is 2. The molecule has 1 aliphatic rings. The van der Waals surface area contributed by atoms with Crippen LogP contribution in [0.25, 0.3) is 0 Å². The van der Waals surface area contributed by atoms with Crippen LogP contribution in [0.2, 0.25) is 0 Å². The number of hydrogen-bond donors (Lipinski definition) is 1. The maximum atomic E-state index is 5.98. The molecular formula is C16H25NO. The van der Waals surface area contributed by atoms with E-state index in [4.69, 9.17) is 4.74 Å². The Morgan fingerprint density at radius 3 is 2.94 bits per heavy atom. The van der Waals surface area contributed by atoms with E-state index >= 15 is 0 Å². The predicted octanol–water partition coefficient (Wildman–Crippen LogP) is 3.38. The van der Waals surface area contributed by atoms with E-state index in [1.165, 1.54) is 29.5 Å². The first-order chi connectivity index (χ1) is 8.74. The first kappa shape index (κ1) is 13.6. The Balaban J connectivity index is 2.08. The van der Waals surface area contributed by atoms with Crippen LogP contribution in [0.1, 0.15) is 42.6 Å². The standard InChI is InChI=1S/C16H25NO/c1-4-9-17-11-14-8-10-18-16(14)15-7-5-6-12(2)13(15)3/h5-7,14,16-17H,4,8-11H2,1-3H3. The summed E-state index contributed by atoms with van der Waals surface area (Å²) in [6.07, 6.45) is 2.66. The topological polar surface area (TPSA) is 21.3 Å². The van der Waals surface area contributed by atoms with Crippen molar-refractivity contribution in [1.29, 1.82) is 0 Å². The van der Waals surface area contributed by atoms with Gasteiger partial charge in [0.15, 0.2) is 0 Å². The summed E-state index contributed by atoms with van der Waals surface area (Å²) in [6.45, 7) is 9.68. The molecule has 0 saturated carbocycles. The van der Waals surface area contributed by atoms with Crippen LogP contribution in [0, 0.1) is 19.8 Å². The van der Waals surface area contributed by atoms with Crippen LogP contribution < -0.4 is 5.32 Å². The first-order valence-corrected chi connectivity index (χ1v) is 7.12. The zero-order chi connectivity index (χ0) is 13.0. The predicted molar refractivity (Wildman–Crippen MR) is 75.9 cm³/mol. The summed E-state index contributed by atoms with van der Waals surface area (Å²) in [5.41, 5.74) is 4.14. The monoisotopic (exact) mass is 247 g/mol. The fourth-order valence-electron chi connectivity index (χ4n) is 2.73. The third-order valence-electron chi connectivity index (χ3n) is 4.00. The summed E-state index contributed by atoms with van der Waals surface area (Å²) in [6, 6.07) is 6.55. The molecule has 1 heterocycles. The minimum absolute atomic E-state index is 0.286. The maximum Gasteiger partial charge on any atom is 0.0868 e. The molecule has 2 rings (SSSR count). The Bertz CT molecular complexity index is 389. The van der Waals surface area contributed by atoms with Crippen molar-refractivity contribution in [3.05, 3.63) is 34.9 Å². The highest BCUT2D eigenvalue weighted by Crippen LogP contribution is 2.36. The molecule has 0 radical (unpaired) electrons. The van der Waals surface area contributed by atoms with Gasteiger partial charge < -0.3 is 10.1 Å². The van der Waals surface area contributed by atoms with Crippen LogP contribution in [0.15, 0.2) is 18.2 Å². The Labute approximate surface area is 111 Å². The fourth-order valence-corrected chi connectivity index (χ4v) is 2.73. The maximum absolute atomic E-state index is 5.98. The zero-order valence-corrected chi connectivity index (χ0v) is 11.8. The van der Waals surface area contributed by atoms with Gasteiger partial charge in [-0.3, -0.25) is 0 Å². The summed E-state index contributed by atoms with van der Waals surface area (Å²) in [5, 5.41) is 3.53. The van der Waals surface area contributed by atoms with E-state index < -0.39 is 0 Å². The summed E-state index contributed by atoms with van der Waals surface area (Å²) < 4.78 is 5.98. The van der Waals surface area contributed by atoms with E-state index in [9.17, 15) is 0 Å². The van der Waals surface area contributed by atoms with Gasteiger partial charge in [0.05, 0.1) is 6.10 Å². The molecule has 1 saturated heterocycles. The van der Waals surface area contributed by atoms with Crippen molar-refractivity contribution in [2.45, 2.75) is 39.7 Å². The van der Waals surface area contributed by atoms with Crippen LogP contribution in [-0.4, -0.2) is 19.7 Å². The molecule has 2 atom stereocenters. The van der Waals surface area contributed by atoms with Gasteiger partial charge in [-0.05, 0) is 49.9 Å². The quantitative estimate of drug-likeness (QED) is 0.805. The van der Waals surface area contributed by atoms with E-state index in [2.05, 4.69) is 44.3 Å². The molecule has 2 nitrogen and oxygen atoms in total. The normalized spacial score (nSPS) is 23.5. The lowest BCUT2D eigenvalue weighted by Gasteiger charge is -2.22. The van der Waals surface area contributed by atoms with Crippen LogP contribution in [0.3, 0.4) is 0 Å². The van der Waals surface area contributed by atoms with Crippen LogP contribution in [-0.2, 0) is 4.74 Å². The average Bonchev–Trinajstić information content (AvgIpc) is 2.81. The van der Waals surface area contributed by atoms with Gasteiger partial charge in [-0.15, -0.1) is 0 Å². The highest BCUT2D eigenvalue weighted by Gasteiger charge is 2.30. The smallest absolute Gasteiger partial charge is 0.0868 e. The lowest BCUT2D eigenvalue weighted by Crippen LogP contribution is -2.25. The van der Waals surface area contributed by atoms with Gasteiger partial charge >= 0.3 is 0 Å². The average molecular weight is 247 g/mol. The lowest BCUT2D eigenvalue weighted by molar-refractivity contribution is 0.0900. The molecule has 0 aromatic heterocycles. The number of aryl methyl sites for hydroxylation is 1. The fraction of sp³-hybridized carbons (Fsp3) is 0.625. The molecule has 1 aliphatic heterocycles. The number of rotatable bonds is 5. The van der Waals surface area contributed by atoms with Crippen LogP contribution in [0.5, 0.6) is 0 Å². The van der Waals surface area contributed by atoms with Gasteiger partial charge in [0.1, 0.15) is 0 Å². The van der Waals surface area contributed by atoms with Crippen molar-refractivity contribution in [2.24, 2.45) is 5.92 Å². The van der Waals surface area contributed by atoms with E-state index in [1.54, 1.807) is 0 Å². The molecule has 2 unspecified atom stereocenters. The number of ether oxygens (including phenoxy) is 1. The van der Waals surface area contributed by atoms with E-state index in [1.807, 2.05) is 0 Å². The molecule has 0 amide bonds. The van der Waals surface area contributed by atoms with Gasteiger partial charge in [-0.25, -0.2) is 0 Å². The Morgan fingerprint density at radius 2 is 2.17 bits per heavy atom. The van der Waals surface area contributed by atoms with Crippen molar-refractivity contribution in [2.75, 3.05) is 19.7 Å². The number of benzene rings is 1. The van der Waals surface area contributed by atoms with Crippen molar-refractivity contribution in [3.63, 3.8) is 0 Å². The highest BCUT2D eigenvalue weighted by atomic mass is 16.5. The zero-order valence-electron chi connectivity index (χ0n) is 11.8. The minimum atomic E-state index is 0.286. The Kier molecular flexibility index (Phi) is 4.79. The molecule has 1 aromatic carbocycles.